The van der Waals surface area contributed by atoms with E-state index in [1.54, 1.807) is 0 Å². The molecule has 1 aliphatic heterocycles. The SMILES string of the molecule is CC(CNC(C)c1cc(Cl)sc1Cl)CN1CCCC1. The molecule has 0 amide bonds. The molecule has 5 heteroatoms. The second-order valence-corrected chi connectivity index (χ2v) is 7.81. The van der Waals surface area contributed by atoms with Crippen LogP contribution in [0.2, 0.25) is 8.67 Å². The average molecular weight is 321 g/mol. The van der Waals surface area contributed by atoms with Gasteiger partial charge in [-0.05, 0) is 56.9 Å². The number of rotatable bonds is 6. The molecule has 2 unspecified atom stereocenters. The van der Waals surface area contributed by atoms with Gasteiger partial charge in [-0.3, -0.25) is 0 Å². The molecule has 108 valence electrons. The lowest BCUT2D eigenvalue weighted by Crippen LogP contribution is -2.32. The van der Waals surface area contributed by atoms with E-state index in [1.807, 2.05) is 6.07 Å². The van der Waals surface area contributed by atoms with Gasteiger partial charge in [0, 0.05) is 12.6 Å². The lowest BCUT2D eigenvalue weighted by molar-refractivity contribution is 0.279. The molecule has 0 spiro atoms. The molecule has 0 saturated carbocycles. The van der Waals surface area contributed by atoms with Crippen molar-refractivity contribution in [3.05, 3.63) is 20.3 Å². The molecule has 1 aromatic heterocycles. The Kier molecular flexibility index (Phi) is 5.97. The van der Waals surface area contributed by atoms with Gasteiger partial charge in [0.2, 0.25) is 0 Å². The van der Waals surface area contributed by atoms with E-state index in [2.05, 4.69) is 24.1 Å². The Balaban J connectivity index is 1.76. The predicted octanol–water partition coefficient (Wildman–Crippen LogP) is 4.44. The van der Waals surface area contributed by atoms with Crippen molar-refractivity contribution in [2.75, 3.05) is 26.2 Å². The molecular formula is C14H22Cl2N2S. The van der Waals surface area contributed by atoms with Crippen LogP contribution in [0.4, 0.5) is 0 Å². The van der Waals surface area contributed by atoms with E-state index < -0.39 is 0 Å². The highest BCUT2D eigenvalue weighted by atomic mass is 35.5. The lowest BCUT2D eigenvalue weighted by Gasteiger charge is -2.22. The number of nitrogens with one attached hydrogen (secondary N) is 1. The predicted molar refractivity (Wildman–Crippen MR) is 85.6 cm³/mol. The Morgan fingerprint density at radius 1 is 1.32 bits per heavy atom. The molecule has 2 heterocycles. The maximum absolute atomic E-state index is 6.18. The first-order chi connectivity index (χ1) is 9.06. The van der Waals surface area contributed by atoms with Crippen molar-refractivity contribution in [2.45, 2.75) is 32.7 Å². The molecule has 2 atom stereocenters. The standard InChI is InChI=1S/C14H22Cl2N2S/c1-10(9-18-5-3-4-6-18)8-17-11(2)12-7-13(15)19-14(12)16/h7,10-11,17H,3-6,8-9H2,1-2H3. The van der Waals surface area contributed by atoms with E-state index in [9.17, 15) is 0 Å². The highest BCUT2D eigenvalue weighted by Gasteiger charge is 2.17. The van der Waals surface area contributed by atoms with Gasteiger partial charge >= 0.3 is 0 Å². The van der Waals surface area contributed by atoms with E-state index in [1.165, 1.54) is 43.8 Å². The molecule has 2 rings (SSSR count). The Morgan fingerprint density at radius 3 is 2.58 bits per heavy atom. The number of thiophene rings is 1. The van der Waals surface area contributed by atoms with Gasteiger partial charge in [0.05, 0.1) is 8.67 Å². The fourth-order valence-corrected chi connectivity index (χ4v) is 4.25. The third-order valence-electron chi connectivity index (χ3n) is 3.69. The zero-order valence-electron chi connectivity index (χ0n) is 11.6. The van der Waals surface area contributed by atoms with E-state index in [0.29, 0.717) is 5.92 Å². The van der Waals surface area contributed by atoms with Crippen LogP contribution in [-0.4, -0.2) is 31.1 Å². The van der Waals surface area contributed by atoms with Crippen LogP contribution in [-0.2, 0) is 0 Å². The molecule has 0 bridgehead atoms. The summed E-state index contributed by atoms with van der Waals surface area (Å²) in [7, 11) is 0. The van der Waals surface area contributed by atoms with Crippen LogP contribution in [0, 0.1) is 5.92 Å². The number of halogens is 2. The van der Waals surface area contributed by atoms with Crippen LogP contribution in [0.25, 0.3) is 0 Å². The fourth-order valence-electron chi connectivity index (χ4n) is 2.61. The first-order valence-electron chi connectivity index (χ1n) is 6.96. The van der Waals surface area contributed by atoms with Crippen LogP contribution in [0.5, 0.6) is 0 Å². The zero-order chi connectivity index (χ0) is 13.8. The highest BCUT2D eigenvalue weighted by Crippen LogP contribution is 2.34. The van der Waals surface area contributed by atoms with Gasteiger partial charge in [-0.1, -0.05) is 30.1 Å². The second-order valence-electron chi connectivity index (χ2n) is 5.52. The number of hydrogen-bond donors (Lipinski definition) is 1. The quantitative estimate of drug-likeness (QED) is 0.833. The van der Waals surface area contributed by atoms with Gasteiger partial charge in [0.25, 0.3) is 0 Å². The molecular weight excluding hydrogens is 299 g/mol. The average Bonchev–Trinajstić information content (AvgIpc) is 2.96. The van der Waals surface area contributed by atoms with Crippen LogP contribution < -0.4 is 5.32 Å². The molecule has 0 aliphatic carbocycles. The molecule has 1 saturated heterocycles. The van der Waals surface area contributed by atoms with Crippen molar-refractivity contribution in [3.63, 3.8) is 0 Å². The number of nitrogens with zero attached hydrogens (tertiary/aromatic N) is 1. The molecule has 2 nitrogen and oxygen atoms in total. The first kappa shape index (κ1) is 15.6. The van der Waals surface area contributed by atoms with Gasteiger partial charge in [-0.15, -0.1) is 11.3 Å². The molecule has 0 radical (unpaired) electrons. The molecule has 1 N–H and O–H groups in total. The van der Waals surface area contributed by atoms with Crippen LogP contribution in [0.1, 0.15) is 38.3 Å². The molecule has 1 aliphatic rings. The molecule has 19 heavy (non-hydrogen) atoms. The Morgan fingerprint density at radius 2 is 2.00 bits per heavy atom. The van der Waals surface area contributed by atoms with E-state index in [-0.39, 0.29) is 6.04 Å². The normalized spacial score (nSPS) is 19.8. The Bertz CT molecular complexity index is 402. The third-order valence-corrected chi connectivity index (χ3v) is 5.21. The van der Waals surface area contributed by atoms with Crippen molar-refractivity contribution in [2.24, 2.45) is 5.92 Å². The van der Waals surface area contributed by atoms with Gasteiger partial charge < -0.3 is 10.2 Å². The smallest absolute Gasteiger partial charge is 0.0991 e. The Labute approximate surface area is 130 Å². The topological polar surface area (TPSA) is 15.3 Å². The van der Waals surface area contributed by atoms with E-state index >= 15 is 0 Å². The summed E-state index contributed by atoms with van der Waals surface area (Å²) in [5, 5.41) is 3.56. The fraction of sp³-hybridized carbons (Fsp3) is 0.714. The summed E-state index contributed by atoms with van der Waals surface area (Å²) in [5.41, 5.74) is 1.12. The van der Waals surface area contributed by atoms with Gasteiger partial charge in [0.1, 0.15) is 0 Å². The maximum atomic E-state index is 6.18. The largest absolute Gasteiger partial charge is 0.310 e. The summed E-state index contributed by atoms with van der Waals surface area (Å²) in [4.78, 5) is 2.56. The molecule has 1 fully saturated rings. The zero-order valence-corrected chi connectivity index (χ0v) is 13.9. The van der Waals surface area contributed by atoms with Gasteiger partial charge in [0.15, 0.2) is 0 Å². The maximum Gasteiger partial charge on any atom is 0.0991 e. The van der Waals surface area contributed by atoms with Gasteiger partial charge in [-0.25, -0.2) is 0 Å². The summed E-state index contributed by atoms with van der Waals surface area (Å²) in [5.74, 6) is 0.661. The number of likely N-dealkylation sites (tertiary alicyclic amines) is 1. The van der Waals surface area contributed by atoms with Crippen LogP contribution in [0.3, 0.4) is 0 Å². The van der Waals surface area contributed by atoms with Crippen molar-refractivity contribution < 1.29 is 0 Å². The monoisotopic (exact) mass is 320 g/mol. The summed E-state index contributed by atoms with van der Waals surface area (Å²) < 4.78 is 1.57. The summed E-state index contributed by atoms with van der Waals surface area (Å²) in [6.07, 6.45) is 2.72. The molecule has 1 aromatic rings. The van der Waals surface area contributed by atoms with Crippen LogP contribution in [0.15, 0.2) is 6.07 Å². The molecule has 0 aromatic carbocycles. The highest BCUT2D eigenvalue weighted by molar-refractivity contribution is 7.20. The van der Waals surface area contributed by atoms with E-state index in [0.717, 1.165) is 20.8 Å². The summed E-state index contributed by atoms with van der Waals surface area (Å²) in [6, 6.07) is 2.23. The second kappa shape index (κ2) is 7.28. The van der Waals surface area contributed by atoms with E-state index in [4.69, 9.17) is 23.2 Å². The van der Waals surface area contributed by atoms with Crippen molar-refractivity contribution in [3.8, 4) is 0 Å². The first-order valence-corrected chi connectivity index (χ1v) is 8.54. The Hall–Kier alpha value is 0.200. The van der Waals surface area contributed by atoms with Crippen molar-refractivity contribution >= 4 is 34.5 Å². The van der Waals surface area contributed by atoms with Crippen molar-refractivity contribution in [1.29, 1.82) is 0 Å². The number of hydrogen-bond acceptors (Lipinski definition) is 3. The van der Waals surface area contributed by atoms with Crippen LogP contribution >= 0.6 is 34.5 Å². The minimum absolute atomic E-state index is 0.261. The lowest BCUT2D eigenvalue weighted by atomic mass is 10.1. The van der Waals surface area contributed by atoms with Gasteiger partial charge in [-0.2, -0.15) is 0 Å². The minimum atomic E-state index is 0.261. The van der Waals surface area contributed by atoms with Crippen molar-refractivity contribution in [1.82, 2.24) is 10.2 Å². The third kappa shape index (κ3) is 4.61. The summed E-state index contributed by atoms with van der Waals surface area (Å²) >= 11 is 13.6. The minimum Gasteiger partial charge on any atom is -0.310 e. The summed E-state index contributed by atoms with van der Waals surface area (Å²) in [6.45, 7) is 9.20.